The Balaban J connectivity index is 1.79. The molecule has 0 spiro atoms. The molecule has 1 unspecified atom stereocenters. The monoisotopic (exact) mass is 316 g/mol. The zero-order valence-electron chi connectivity index (χ0n) is 13.8. The molecular formula is C19H24O4. The quantitative estimate of drug-likeness (QED) is 0.744. The molecule has 23 heavy (non-hydrogen) atoms. The van der Waals surface area contributed by atoms with Gasteiger partial charge in [-0.1, -0.05) is 13.8 Å². The van der Waals surface area contributed by atoms with E-state index >= 15 is 0 Å². The van der Waals surface area contributed by atoms with Crippen molar-refractivity contribution in [2.75, 3.05) is 0 Å². The summed E-state index contributed by atoms with van der Waals surface area (Å²) < 4.78 is 0. The summed E-state index contributed by atoms with van der Waals surface area (Å²) in [6.07, 6.45) is 4.43. The van der Waals surface area contributed by atoms with Crippen molar-refractivity contribution in [3.05, 3.63) is 11.6 Å². The molecule has 4 heteroatoms. The fourth-order valence-electron chi connectivity index (χ4n) is 6.20. The molecule has 0 heterocycles. The number of hydrogen-bond donors (Lipinski definition) is 1. The summed E-state index contributed by atoms with van der Waals surface area (Å²) >= 11 is 0. The van der Waals surface area contributed by atoms with Crippen LogP contribution in [0.15, 0.2) is 11.6 Å². The number of aliphatic hydroxyl groups excluding tert-OH is 1. The van der Waals surface area contributed by atoms with Crippen molar-refractivity contribution in [3.63, 3.8) is 0 Å². The Morgan fingerprint density at radius 1 is 1.09 bits per heavy atom. The predicted octanol–water partition coefficient (Wildman–Crippen LogP) is 2.24. The first-order valence-electron chi connectivity index (χ1n) is 8.78. The molecule has 3 fully saturated rings. The van der Waals surface area contributed by atoms with Gasteiger partial charge in [0.2, 0.25) is 0 Å². The van der Waals surface area contributed by atoms with Gasteiger partial charge in [-0.2, -0.15) is 0 Å². The third-order valence-corrected chi connectivity index (χ3v) is 7.61. The van der Waals surface area contributed by atoms with Crippen molar-refractivity contribution in [2.24, 2.45) is 28.6 Å². The Kier molecular flexibility index (Phi) is 3.07. The first kappa shape index (κ1) is 15.3. The minimum absolute atomic E-state index is 0.00412. The highest BCUT2D eigenvalue weighted by atomic mass is 16.3. The van der Waals surface area contributed by atoms with E-state index in [0.717, 1.165) is 19.3 Å². The van der Waals surface area contributed by atoms with Crippen LogP contribution < -0.4 is 0 Å². The Morgan fingerprint density at radius 2 is 1.83 bits per heavy atom. The molecule has 4 nitrogen and oxygen atoms in total. The van der Waals surface area contributed by atoms with E-state index in [1.54, 1.807) is 0 Å². The minimum Gasteiger partial charge on any atom is -0.392 e. The largest absolute Gasteiger partial charge is 0.392 e. The molecule has 0 aromatic carbocycles. The van der Waals surface area contributed by atoms with Crippen LogP contribution in [0.2, 0.25) is 0 Å². The van der Waals surface area contributed by atoms with E-state index in [1.165, 1.54) is 6.08 Å². The summed E-state index contributed by atoms with van der Waals surface area (Å²) in [5.41, 5.74) is -0.370. The van der Waals surface area contributed by atoms with Gasteiger partial charge >= 0.3 is 0 Å². The van der Waals surface area contributed by atoms with Crippen molar-refractivity contribution in [1.29, 1.82) is 0 Å². The molecule has 0 amide bonds. The first-order chi connectivity index (χ1) is 10.8. The van der Waals surface area contributed by atoms with E-state index in [2.05, 4.69) is 6.92 Å². The normalized spacial score (nSPS) is 49.3. The third-order valence-electron chi connectivity index (χ3n) is 7.61. The lowest BCUT2D eigenvalue weighted by Gasteiger charge is -2.57. The highest BCUT2D eigenvalue weighted by Gasteiger charge is 2.62. The second-order valence-electron chi connectivity index (χ2n) is 8.45. The number of aliphatic hydroxyl groups is 1. The number of carbonyl (C=O) groups excluding carboxylic acids is 3. The number of ketones is 3. The van der Waals surface area contributed by atoms with Gasteiger partial charge in [0.1, 0.15) is 5.78 Å². The van der Waals surface area contributed by atoms with Crippen molar-refractivity contribution in [3.8, 4) is 0 Å². The molecule has 124 valence electrons. The second kappa shape index (κ2) is 4.62. The van der Waals surface area contributed by atoms with Gasteiger partial charge in [-0.05, 0) is 43.1 Å². The SMILES string of the molecule is C[C@]12CC[C@@H]3[C@@H](CC(=O)C4=CC(=O)CC(O)[C@@]43C)[C@@H]1CCC2=O. The van der Waals surface area contributed by atoms with E-state index in [4.69, 9.17) is 0 Å². The summed E-state index contributed by atoms with van der Waals surface area (Å²) in [4.78, 5) is 36.9. The lowest BCUT2D eigenvalue weighted by Crippen LogP contribution is -2.57. The number of carbonyl (C=O) groups is 3. The van der Waals surface area contributed by atoms with Crippen LogP contribution >= 0.6 is 0 Å². The lowest BCUT2D eigenvalue weighted by atomic mass is 9.46. The average molecular weight is 316 g/mol. The molecule has 4 aliphatic carbocycles. The van der Waals surface area contributed by atoms with Gasteiger partial charge in [0.25, 0.3) is 0 Å². The Morgan fingerprint density at radius 3 is 2.57 bits per heavy atom. The topological polar surface area (TPSA) is 71.4 Å². The predicted molar refractivity (Wildman–Crippen MR) is 83.5 cm³/mol. The van der Waals surface area contributed by atoms with Gasteiger partial charge < -0.3 is 5.11 Å². The molecule has 0 bridgehead atoms. The van der Waals surface area contributed by atoms with Gasteiger partial charge in [0.05, 0.1) is 6.10 Å². The smallest absolute Gasteiger partial charge is 0.159 e. The van der Waals surface area contributed by atoms with Gasteiger partial charge in [-0.3, -0.25) is 14.4 Å². The van der Waals surface area contributed by atoms with E-state index in [9.17, 15) is 19.5 Å². The summed E-state index contributed by atoms with van der Waals surface area (Å²) in [5, 5.41) is 10.7. The summed E-state index contributed by atoms with van der Waals surface area (Å²) in [6, 6.07) is 0. The van der Waals surface area contributed by atoms with Crippen molar-refractivity contribution in [1.82, 2.24) is 0 Å². The number of rotatable bonds is 0. The van der Waals surface area contributed by atoms with Crippen LogP contribution in [-0.2, 0) is 14.4 Å². The van der Waals surface area contributed by atoms with E-state index in [-0.39, 0.29) is 41.2 Å². The van der Waals surface area contributed by atoms with Crippen LogP contribution in [0.1, 0.15) is 52.4 Å². The van der Waals surface area contributed by atoms with Crippen LogP contribution in [0.4, 0.5) is 0 Å². The van der Waals surface area contributed by atoms with Gasteiger partial charge in [0, 0.05) is 35.7 Å². The molecule has 0 saturated heterocycles. The van der Waals surface area contributed by atoms with Crippen LogP contribution in [-0.4, -0.2) is 28.6 Å². The van der Waals surface area contributed by atoms with Crippen molar-refractivity contribution >= 4 is 17.3 Å². The van der Waals surface area contributed by atoms with Crippen molar-refractivity contribution < 1.29 is 19.5 Å². The molecule has 4 aliphatic rings. The standard InChI is InChI=1S/C19H24O4/c1-18-6-5-13-11(12(18)3-4-16(18)22)9-15(21)14-7-10(20)8-17(23)19(13,14)2/h7,11-13,17,23H,3-6,8-9H2,1-2H3/t11-,12-,13+,17?,18-,19+/m0/s1. The van der Waals surface area contributed by atoms with E-state index in [0.29, 0.717) is 24.2 Å². The van der Waals surface area contributed by atoms with Crippen LogP contribution in [0.25, 0.3) is 0 Å². The summed E-state index contributed by atoms with van der Waals surface area (Å²) in [5.74, 6) is 0.814. The molecule has 3 saturated carbocycles. The van der Waals surface area contributed by atoms with Gasteiger partial charge in [0.15, 0.2) is 11.6 Å². The molecular weight excluding hydrogens is 292 g/mol. The number of hydrogen-bond acceptors (Lipinski definition) is 4. The number of Topliss-reactive ketones (excluding diaryl/α,β-unsaturated/α-hetero) is 2. The van der Waals surface area contributed by atoms with Gasteiger partial charge in [-0.15, -0.1) is 0 Å². The van der Waals surface area contributed by atoms with Gasteiger partial charge in [-0.25, -0.2) is 0 Å². The van der Waals surface area contributed by atoms with Crippen LogP contribution in [0.5, 0.6) is 0 Å². The lowest BCUT2D eigenvalue weighted by molar-refractivity contribution is -0.145. The van der Waals surface area contributed by atoms with E-state index in [1.807, 2.05) is 6.92 Å². The summed E-state index contributed by atoms with van der Waals surface area (Å²) in [7, 11) is 0. The van der Waals surface area contributed by atoms with Crippen LogP contribution in [0, 0.1) is 28.6 Å². The molecule has 0 radical (unpaired) electrons. The molecule has 0 aromatic heterocycles. The first-order valence-corrected chi connectivity index (χ1v) is 8.78. The minimum atomic E-state index is -0.784. The molecule has 0 aliphatic heterocycles. The van der Waals surface area contributed by atoms with E-state index < -0.39 is 11.5 Å². The Labute approximate surface area is 136 Å². The summed E-state index contributed by atoms with van der Waals surface area (Å²) in [6.45, 7) is 4.03. The third kappa shape index (κ3) is 1.79. The highest BCUT2D eigenvalue weighted by molar-refractivity contribution is 6.06. The average Bonchev–Trinajstić information content (AvgIpc) is 2.78. The fourth-order valence-corrected chi connectivity index (χ4v) is 6.20. The Hall–Kier alpha value is -1.29. The molecule has 6 atom stereocenters. The molecule has 0 aromatic rings. The van der Waals surface area contributed by atoms with Crippen molar-refractivity contribution in [2.45, 2.75) is 58.5 Å². The fraction of sp³-hybridized carbons (Fsp3) is 0.737. The second-order valence-corrected chi connectivity index (χ2v) is 8.45. The molecule has 4 rings (SSSR count). The van der Waals surface area contributed by atoms with Crippen LogP contribution in [0.3, 0.4) is 0 Å². The highest BCUT2D eigenvalue weighted by Crippen LogP contribution is 2.63. The molecule has 1 N–H and O–H groups in total. The zero-order chi connectivity index (χ0) is 16.6. The Bertz CT molecular complexity index is 648. The number of fused-ring (bicyclic) bond motifs is 5. The maximum absolute atomic E-state index is 12.7. The maximum Gasteiger partial charge on any atom is 0.159 e. The zero-order valence-corrected chi connectivity index (χ0v) is 13.8. The maximum atomic E-state index is 12.7.